The normalized spacial score (nSPS) is 18.2. The number of benzene rings is 2. The second-order valence-electron chi connectivity index (χ2n) is 9.90. The van der Waals surface area contributed by atoms with E-state index in [1.165, 1.54) is 30.5 Å². The van der Waals surface area contributed by atoms with Gasteiger partial charge in [-0.1, -0.05) is 37.2 Å². The van der Waals surface area contributed by atoms with Crippen molar-refractivity contribution in [3.8, 4) is 6.07 Å². The lowest BCUT2D eigenvalue weighted by Crippen LogP contribution is -2.56. The van der Waals surface area contributed by atoms with E-state index in [-0.39, 0.29) is 48.2 Å². The highest BCUT2D eigenvalue weighted by Gasteiger charge is 2.49. The molecule has 2 aliphatic rings. The zero-order chi connectivity index (χ0) is 30.2. The zero-order valence-electron chi connectivity index (χ0n) is 21.6. The van der Waals surface area contributed by atoms with Gasteiger partial charge in [0.2, 0.25) is 17.8 Å². The first-order valence-corrected chi connectivity index (χ1v) is 13.1. The number of alkyl halides is 2. The molecule has 2 heterocycles. The van der Waals surface area contributed by atoms with Gasteiger partial charge in [-0.15, -0.1) is 0 Å². The molecule has 1 aliphatic carbocycles. The van der Waals surface area contributed by atoms with Gasteiger partial charge in [-0.25, -0.2) is 27.5 Å². The molecule has 1 saturated carbocycles. The van der Waals surface area contributed by atoms with Crippen molar-refractivity contribution in [2.24, 2.45) is 0 Å². The molecule has 2 aromatic carbocycles. The number of nitrogens with one attached hydrogen (secondary N) is 1. The third-order valence-electron chi connectivity index (χ3n) is 6.98. The molecule has 0 unspecified atom stereocenters. The number of amides is 3. The Kier molecular flexibility index (Phi) is 9.01. The Morgan fingerprint density at radius 3 is 2.44 bits per heavy atom. The SMILES string of the molecule is C.N#Cc1ccnc(N2C(=O)CC[C@H]2C(=O)N(c2cc(F)cc(F)c2)[C@H](C(=O)NC2CC(F)(F)C2)c2ccccc2Cl)n1. The molecule has 0 spiro atoms. The van der Waals surface area contributed by atoms with E-state index < -0.39 is 66.2 Å². The Hall–Kier alpha value is -4.57. The maximum Gasteiger partial charge on any atom is 0.252 e. The molecular weight excluding hydrogens is 592 g/mol. The van der Waals surface area contributed by atoms with Gasteiger partial charge in [-0.05, 0) is 30.7 Å². The molecule has 3 amide bonds. The number of aromatic nitrogens is 2. The van der Waals surface area contributed by atoms with Crippen molar-refractivity contribution in [3.63, 3.8) is 0 Å². The van der Waals surface area contributed by atoms with Gasteiger partial charge >= 0.3 is 0 Å². The molecule has 1 saturated heterocycles. The van der Waals surface area contributed by atoms with Gasteiger partial charge in [-0.2, -0.15) is 5.26 Å². The quantitative estimate of drug-likeness (QED) is 0.369. The Bertz CT molecular complexity index is 1590. The summed E-state index contributed by atoms with van der Waals surface area (Å²) in [5, 5.41) is 11.8. The lowest BCUT2D eigenvalue weighted by molar-refractivity contribution is -0.133. The van der Waals surface area contributed by atoms with Gasteiger partial charge in [0.25, 0.3) is 11.8 Å². The number of nitrogens with zero attached hydrogens (tertiary/aromatic N) is 5. The number of halogens is 5. The summed E-state index contributed by atoms with van der Waals surface area (Å²) in [5.74, 6) is -7.80. The molecule has 0 bridgehead atoms. The second kappa shape index (κ2) is 12.3. The number of carbonyl (C=O) groups excluding carboxylic acids is 3. The van der Waals surface area contributed by atoms with Crippen LogP contribution in [0.3, 0.4) is 0 Å². The minimum Gasteiger partial charge on any atom is -0.351 e. The number of hydrogen-bond acceptors (Lipinski definition) is 6. The van der Waals surface area contributed by atoms with E-state index >= 15 is 0 Å². The Balaban J connectivity index is 0.00000423. The summed E-state index contributed by atoms with van der Waals surface area (Å²) in [7, 11) is 0. The highest BCUT2D eigenvalue weighted by molar-refractivity contribution is 6.31. The van der Waals surface area contributed by atoms with Gasteiger partial charge in [-0.3, -0.25) is 24.2 Å². The molecule has 1 N–H and O–H groups in total. The second-order valence-corrected chi connectivity index (χ2v) is 10.3. The maximum absolute atomic E-state index is 14.5. The fourth-order valence-electron chi connectivity index (χ4n) is 5.08. The van der Waals surface area contributed by atoms with Crippen LogP contribution in [-0.2, 0) is 14.4 Å². The summed E-state index contributed by atoms with van der Waals surface area (Å²) in [6.07, 6.45) is -0.260. The van der Waals surface area contributed by atoms with Crippen LogP contribution in [0.5, 0.6) is 0 Å². The highest BCUT2D eigenvalue weighted by Crippen LogP contribution is 2.40. The van der Waals surface area contributed by atoms with E-state index in [9.17, 15) is 37.2 Å². The predicted octanol–water partition coefficient (Wildman–Crippen LogP) is 5.10. The highest BCUT2D eigenvalue weighted by atomic mass is 35.5. The molecule has 3 aromatic rings. The number of nitriles is 1. The van der Waals surface area contributed by atoms with Crippen LogP contribution in [0, 0.1) is 23.0 Å². The predicted molar refractivity (Wildman–Crippen MR) is 148 cm³/mol. The van der Waals surface area contributed by atoms with Gasteiger partial charge in [0.05, 0.1) is 5.69 Å². The Morgan fingerprint density at radius 2 is 1.81 bits per heavy atom. The fourth-order valence-corrected chi connectivity index (χ4v) is 5.31. The minimum absolute atomic E-state index is 0. The summed E-state index contributed by atoms with van der Waals surface area (Å²) < 4.78 is 56.2. The van der Waals surface area contributed by atoms with Crippen LogP contribution in [0.25, 0.3) is 0 Å². The van der Waals surface area contributed by atoms with Crippen LogP contribution in [-0.4, -0.2) is 45.7 Å². The third-order valence-corrected chi connectivity index (χ3v) is 7.32. The van der Waals surface area contributed by atoms with Crippen molar-refractivity contribution < 1.29 is 31.9 Å². The molecule has 43 heavy (non-hydrogen) atoms. The molecule has 224 valence electrons. The van der Waals surface area contributed by atoms with Crippen LogP contribution in [0.2, 0.25) is 5.02 Å². The summed E-state index contributed by atoms with van der Waals surface area (Å²) in [6, 6.07) is 7.26. The third kappa shape index (κ3) is 6.44. The van der Waals surface area contributed by atoms with Gasteiger partial charge in [0, 0.05) is 48.2 Å². The Morgan fingerprint density at radius 1 is 1.14 bits per heavy atom. The number of anilines is 2. The minimum atomic E-state index is -2.97. The molecule has 9 nitrogen and oxygen atoms in total. The first-order chi connectivity index (χ1) is 20.0. The molecule has 2 fully saturated rings. The summed E-state index contributed by atoms with van der Waals surface area (Å²) in [4.78, 5) is 50.9. The van der Waals surface area contributed by atoms with Crippen LogP contribution < -0.4 is 15.1 Å². The molecule has 1 aromatic heterocycles. The molecule has 2 atom stereocenters. The van der Waals surface area contributed by atoms with Crippen molar-refractivity contribution in [1.82, 2.24) is 15.3 Å². The van der Waals surface area contributed by atoms with Crippen molar-refractivity contribution in [1.29, 1.82) is 5.26 Å². The van der Waals surface area contributed by atoms with Crippen molar-refractivity contribution in [2.75, 3.05) is 9.80 Å². The van der Waals surface area contributed by atoms with Crippen LogP contribution >= 0.6 is 11.6 Å². The molecule has 1 aliphatic heterocycles. The Labute approximate surface area is 249 Å². The van der Waals surface area contributed by atoms with E-state index in [4.69, 9.17) is 11.6 Å². The van der Waals surface area contributed by atoms with Crippen LogP contribution in [0.4, 0.5) is 29.2 Å². The standard InChI is InChI=1S/C28H21ClF4N6O3.CH4/c29-21-4-2-1-3-20(21)24(25(41)36-18-12-28(32,33)13-18)38(19-10-15(30)9-16(31)11-19)26(42)22-5-6-23(40)39(22)27-35-8-7-17(14-34)37-27;/h1-4,7-11,18,22,24H,5-6,12-13H2,(H,36,41);1H4/t22-,24-;/m0./s1. The van der Waals surface area contributed by atoms with E-state index in [0.29, 0.717) is 6.07 Å². The van der Waals surface area contributed by atoms with Crippen LogP contribution in [0.1, 0.15) is 50.4 Å². The first kappa shape index (κ1) is 31.4. The van der Waals surface area contributed by atoms with Crippen molar-refractivity contribution in [2.45, 2.75) is 57.2 Å². The molecule has 14 heteroatoms. The molecule has 0 radical (unpaired) electrons. The van der Waals surface area contributed by atoms with E-state index in [1.807, 2.05) is 6.07 Å². The van der Waals surface area contributed by atoms with Crippen molar-refractivity contribution in [3.05, 3.63) is 82.6 Å². The smallest absolute Gasteiger partial charge is 0.252 e. The first-order valence-electron chi connectivity index (χ1n) is 12.7. The topological polar surface area (TPSA) is 119 Å². The van der Waals surface area contributed by atoms with Gasteiger partial charge in [0.1, 0.15) is 35.5 Å². The largest absolute Gasteiger partial charge is 0.351 e. The van der Waals surface area contributed by atoms with Crippen LogP contribution in [0.15, 0.2) is 54.7 Å². The average molecular weight is 617 g/mol. The van der Waals surface area contributed by atoms with E-state index in [1.54, 1.807) is 6.07 Å². The van der Waals surface area contributed by atoms with E-state index in [2.05, 4.69) is 15.3 Å². The lowest BCUT2D eigenvalue weighted by Gasteiger charge is -2.39. The van der Waals surface area contributed by atoms with Crippen molar-refractivity contribution >= 4 is 41.0 Å². The fraction of sp³-hybridized carbons (Fsp3) is 0.310. The maximum atomic E-state index is 14.5. The summed E-state index contributed by atoms with van der Waals surface area (Å²) >= 11 is 6.43. The number of rotatable bonds is 7. The monoisotopic (exact) mass is 616 g/mol. The lowest BCUT2D eigenvalue weighted by atomic mass is 9.87. The van der Waals surface area contributed by atoms with Gasteiger partial charge < -0.3 is 5.32 Å². The number of hydrogen-bond donors (Lipinski definition) is 1. The summed E-state index contributed by atoms with van der Waals surface area (Å²) in [5.41, 5.74) is -0.428. The molecule has 5 rings (SSSR count). The van der Waals surface area contributed by atoms with E-state index in [0.717, 1.165) is 21.9 Å². The molecular formula is C29H25ClF4N6O3. The number of carbonyl (C=O) groups is 3. The zero-order valence-corrected chi connectivity index (χ0v) is 22.4. The average Bonchev–Trinajstić information content (AvgIpc) is 3.31. The summed E-state index contributed by atoms with van der Waals surface area (Å²) in [6.45, 7) is 0. The van der Waals surface area contributed by atoms with Gasteiger partial charge in [0.15, 0.2) is 0 Å².